The highest BCUT2D eigenvalue weighted by molar-refractivity contribution is 7.99. The van der Waals surface area contributed by atoms with Crippen LogP contribution in [0.1, 0.15) is 29.5 Å². The van der Waals surface area contributed by atoms with E-state index < -0.39 is 0 Å². The molecule has 0 aliphatic carbocycles. The Bertz CT molecular complexity index is 1090. The number of thioether (sulfide) groups is 1. The zero-order valence-corrected chi connectivity index (χ0v) is 20.3. The Morgan fingerprint density at radius 3 is 2.73 bits per heavy atom. The molecule has 1 N–H and O–H groups in total. The van der Waals surface area contributed by atoms with E-state index in [-0.39, 0.29) is 11.9 Å². The van der Waals surface area contributed by atoms with Crippen molar-refractivity contribution in [2.45, 2.75) is 44.4 Å². The zero-order chi connectivity index (χ0) is 23.2. The van der Waals surface area contributed by atoms with Crippen molar-refractivity contribution >= 4 is 17.7 Å². The van der Waals surface area contributed by atoms with Crippen molar-refractivity contribution in [1.82, 2.24) is 25.0 Å². The minimum atomic E-state index is 0.0425. The van der Waals surface area contributed by atoms with E-state index >= 15 is 0 Å². The van der Waals surface area contributed by atoms with Gasteiger partial charge in [0, 0.05) is 31.4 Å². The van der Waals surface area contributed by atoms with Crippen LogP contribution in [-0.2, 0) is 11.3 Å². The molecule has 0 bridgehead atoms. The van der Waals surface area contributed by atoms with Crippen LogP contribution in [-0.4, -0.2) is 57.6 Å². The molecule has 1 saturated heterocycles. The third-order valence-electron chi connectivity index (χ3n) is 6.11. The second-order valence-corrected chi connectivity index (χ2v) is 9.45. The van der Waals surface area contributed by atoms with Crippen molar-refractivity contribution in [2.24, 2.45) is 0 Å². The van der Waals surface area contributed by atoms with E-state index in [1.165, 1.54) is 28.5 Å². The van der Waals surface area contributed by atoms with Gasteiger partial charge >= 0.3 is 0 Å². The van der Waals surface area contributed by atoms with Gasteiger partial charge in [-0.25, -0.2) is 0 Å². The molecule has 7 nitrogen and oxygen atoms in total. The fourth-order valence-electron chi connectivity index (χ4n) is 4.04. The Morgan fingerprint density at radius 1 is 1.15 bits per heavy atom. The lowest BCUT2D eigenvalue weighted by Crippen LogP contribution is -2.44. The number of hydrogen-bond acceptors (Lipinski definition) is 6. The Labute approximate surface area is 199 Å². The van der Waals surface area contributed by atoms with Gasteiger partial charge in [-0.2, -0.15) is 0 Å². The molecule has 1 amide bonds. The molecule has 33 heavy (non-hydrogen) atoms. The molecular weight excluding hydrogens is 434 g/mol. The standard InChI is InChI=1S/C25H31N5O2S/c1-18-7-8-22(13-19(18)2)30-17-26-28-25(30)33-16-24(31)27-21-9-11-29(12-10-21)15-20-5-4-6-23(14-20)32-3/h4-8,13-14,17,21H,9-12,15-16H2,1-3H3,(H,27,31). The smallest absolute Gasteiger partial charge is 0.230 e. The lowest BCUT2D eigenvalue weighted by Gasteiger charge is -2.32. The van der Waals surface area contributed by atoms with E-state index in [4.69, 9.17) is 4.74 Å². The van der Waals surface area contributed by atoms with Crippen LogP contribution >= 0.6 is 11.8 Å². The number of piperidine rings is 1. The van der Waals surface area contributed by atoms with E-state index in [0.717, 1.165) is 49.1 Å². The van der Waals surface area contributed by atoms with Crippen LogP contribution in [0.4, 0.5) is 0 Å². The maximum absolute atomic E-state index is 12.6. The number of nitrogens with zero attached hydrogens (tertiary/aromatic N) is 4. The number of rotatable bonds is 8. The first kappa shape index (κ1) is 23.3. The van der Waals surface area contributed by atoms with Crippen molar-refractivity contribution in [1.29, 1.82) is 0 Å². The van der Waals surface area contributed by atoms with E-state index in [1.54, 1.807) is 13.4 Å². The number of nitrogens with one attached hydrogen (secondary N) is 1. The van der Waals surface area contributed by atoms with Gasteiger partial charge in [-0.05, 0) is 67.6 Å². The van der Waals surface area contributed by atoms with Crippen LogP contribution < -0.4 is 10.1 Å². The molecule has 1 aromatic heterocycles. The third-order valence-corrected chi connectivity index (χ3v) is 7.05. The number of methoxy groups -OCH3 is 1. The second kappa shape index (κ2) is 10.9. The molecule has 1 aliphatic heterocycles. The van der Waals surface area contributed by atoms with Crippen LogP contribution in [0.15, 0.2) is 53.9 Å². The highest BCUT2D eigenvalue weighted by Crippen LogP contribution is 2.22. The van der Waals surface area contributed by atoms with Gasteiger partial charge in [-0.1, -0.05) is 30.0 Å². The van der Waals surface area contributed by atoms with Crippen molar-refractivity contribution in [3.05, 3.63) is 65.5 Å². The molecule has 174 valence electrons. The number of likely N-dealkylation sites (tertiary alicyclic amines) is 1. The van der Waals surface area contributed by atoms with Crippen LogP contribution in [0.5, 0.6) is 5.75 Å². The summed E-state index contributed by atoms with van der Waals surface area (Å²) in [7, 11) is 1.69. The number of aryl methyl sites for hydroxylation is 2. The van der Waals surface area contributed by atoms with Gasteiger partial charge in [0.15, 0.2) is 5.16 Å². The number of hydrogen-bond donors (Lipinski definition) is 1. The highest BCUT2D eigenvalue weighted by Gasteiger charge is 2.21. The van der Waals surface area contributed by atoms with Crippen molar-refractivity contribution in [3.8, 4) is 11.4 Å². The first-order valence-corrected chi connectivity index (χ1v) is 12.3. The molecule has 0 spiro atoms. The lowest BCUT2D eigenvalue weighted by atomic mass is 10.0. The van der Waals surface area contributed by atoms with Gasteiger partial charge in [0.25, 0.3) is 0 Å². The largest absolute Gasteiger partial charge is 0.497 e. The Kier molecular flexibility index (Phi) is 7.67. The molecular formula is C25H31N5O2S. The summed E-state index contributed by atoms with van der Waals surface area (Å²) >= 11 is 1.42. The van der Waals surface area contributed by atoms with E-state index in [1.807, 2.05) is 16.7 Å². The number of carbonyl (C=O) groups excluding carboxylic acids is 1. The number of aromatic nitrogens is 3. The molecule has 0 unspecified atom stereocenters. The van der Waals surface area contributed by atoms with Crippen molar-refractivity contribution in [2.75, 3.05) is 26.0 Å². The number of carbonyl (C=O) groups is 1. The summed E-state index contributed by atoms with van der Waals surface area (Å²) in [6.45, 7) is 7.02. The number of amides is 1. The van der Waals surface area contributed by atoms with Gasteiger partial charge in [-0.3, -0.25) is 14.3 Å². The summed E-state index contributed by atoms with van der Waals surface area (Å²) in [6, 6.07) is 14.7. The van der Waals surface area contributed by atoms with Gasteiger partial charge in [0.05, 0.1) is 12.9 Å². The maximum atomic E-state index is 12.6. The molecule has 0 atom stereocenters. The summed E-state index contributed by atoms with van der Waals surface area (Å²) in [5.74, 6) is 1.26. The topological polar surface area (TPSA) is 72.3 Å². The normalized spacial score (nSPS) is 14.9. The summed E-state index contributed by atoms with van der Waals surface area (Å²) in [5.41, 5.74) is 4.72. The first-order chi connectivity index (χ1) is 16.0. The number of benzene rings is 2. The third kappa shape index (κ3) is 6.15. The Morgan fingerprint density at radius 2 is 1.97 bits per heavy atom. The molecule has 2 heterocycles. The average Bonchev–Trinajstić information content (AvgIpc) is 3.30. The second-order valence-electron chi connectivity index (χ2n) is 8.51. The summed E-state index contributed by atoms with van der Waals surface area (Å²) in [5, 5.41) is 12.2. The zero-order valence-electron chi connectivity index (χ0n) is 19.5. The first-order valence-electron chi connectivity index (χ1n) is 11.3. The molecule has 1 fully saturated rings. The van der Waals surface area contributed by atoms with Crippen LogP contribution in [0, 0.1) is 13.8 Å². The molecule has 4 rings (SSSR count). The average molecular weight is 466 g/mol. The lowest BCUT2D eigenvalue weighted by molar-refractivity contribution is -0.119. The Hall–Kier alpha value is -2.84. The molecule has 0 radical (unpaired) electrons. The fourth-order valence-corrected chi connectivity index (χ4v) is 4.78. The number of ether oxygens (including phenoxy) is 1. The maximum Gasteiger partial charge on any atom is 0.230 e. The van der Waals surface area contributed by atoms with Crippen LogP contribution in [0.3, 0.4) is 0 Å². The van der Waals surface area contributed by atoms with E-state index in [9.17, 15) is 4.79 Å². The van der Waals surface area contributed by atoms with Crippen molar-refractivity contribution in [3.63, 3.8) is 0 Å². The summed E-state index contributed by atoms with van der Waals surface area (Å²) in [6.07, 6.45) is 3.61. The van der Waals surface area contributed by atoms with Crippen molar-refractivity contribution < 1.29 is 9.53 Å². The molecule has 3 aromatic rings. The Balaban J connectivity index is 1.24. The van der Waals surface area contributed by atoms with Gasteiger partial charge < -0.3 is 10.1 Å². The minimum absolute atomic E-state index is 0.0425. The van der Waals surface area contributed by atoms with E-state index in [2.05, 4.69) is 64.6 Å². The predicted octanol–water partition coefficient (Wildman–Crippen LogP) is 3.77. The predicted molar refractivity (Wildman–Crippen MR) is 131 cm³/mol. The van der Waals surface area contributed by atoms with Gasteiger partial charge in [0.2, 0.25) is 5.91 Å². The SMILES string of the molecule is COc1cccc(CN2CCC(NC(=O)CSc3nncn3-c3ccc(C)c(C)c3)CC2)c1. The summed E-state index contributed by atoms with van der Waals surface area (Å²) in [4.78, 5) is 15.0. The highest BCUT2D eigenvalue weighted by atomic mass is 32.2. The summed E-state index contributed by atoms with van der Waals surface area (Å²) < 4.78 is 7.25. The molecule has 8 heteroatoms. The van der Waals surface area contributed by atoms with Gasteiger partial charge in [0.1, 0.15) is 12.1 Å². The molecule has 1 aliphatic rings. The molecule has 2 aromatic carbocycles. The van der Waals surface area contributed by atoms with Crippen LogP contribution in [0.2, 0.25) is 0 Å². The molecule has 0 saturated carbocycles. The van der Waals surface area contributed by atoms with Crippen LogP contribution in [0.25, 0.3) is 5.69 Å². The fraction of sp³-hybridized carbons (Fsp3) is 0.400. The quantitative estimate of drug-likeness (QED) is 0.511. The van der Waals surface area contributed by atoms with Gasteiger partial charge in [-0.15, -0.1) is 10.2 Å². The monoisotopic (exact) mass is 465 g/mol. The van der Waals surface area contributed by atoms with E-state index in [0.29, 0.717) is 5.75 Å². The minimum Gasteiger partial charge on any atom is -0.497 e.